The second-order valence-corrected chi connectivity index (χ2v) is 23.8. The molecule has 500 valence electrons. The molecule has 0 spiro atoms. The van der Waals surface area contributed by atoms with Crippen molar-refractivity contribution in [1.29, 1.82) is 0 Å². The molecule has 3 saturated heterocycles. The van der Waals surface area contributed by atoms with Gasteiger partial charge in [-0.15, -0.1) is 6.58 Å². The summed E-state index contributed by atoms with van der Waals surface area (Å²) in [4.78, 5) is 80.6. The summed E-state index contributed by atoms with van der Waals surface area (Å²) < 4.78 is 25.2. The molecule has 12 nitrogen and oxygen atoms in total. The molecule has 0 radical (unpaired) electrons. The smallest absolute Gasteiger partial charge is 0.317 e. The van der Waals surface area contributed by atoms with Crippen molar-refractivity contribution in [3.05, 3.63) is 97.9 Å². The lowest BCUT2D eigenvalue weighted by Gasteiger charge is -2.18. The number of methoxy groups -OCH3 is 1. The average molecular weight is 1230 g/mol. The van der Waals surface area contributed by atoms with Gasteiger partial charge in [0.2, 0.25) is 0 Å². The molecule has 0 amide bonds. The van der Waals surface area contributed by atoms with Gasteiger partial charge in [0.15, 0.2) is 0 Å². The van der Waals surface area contributed by atoms with Crippen LogP contribution >= 0.6 is 0 Å². The quantitative estimate of drug-likeness (QED) is 0.0108. The van der Waals surface area contributed by atoms with Gasteiger partial charge < -0.3 is 28.5 Å². The van der Waals surface area contributed by atoms with Crippen molar-refractivity contribution in [2.24, 2.45) is 35.5 Å². The predicted octanol–water partition coefficient (Wildman–Crippen LogP) is 20.1. The van der Waals surface area contributed by atoms with Gasteiger partial charge in [-0.25, -0.2) is 0 Å². The van der Waals surface area contributed by atoms with E-state index in [0.29, 0.717) is 13.0 Å². The van der Waals surface area contributed by atoms with E-state index in [1.807, 2.05) is 57.2 Å². The Labute approximate surface area is 535 Å². The van der Waals surface area contributed by atoms with Crippen LogP contribution in [0, 0.1) is 35.5 Å². The number of carbonyl (C=O) groups is 7. The Morgan fingerprint density at radius 3 is 1.40 bits per heavy atom. The van der Waals surface area contributed by atoms with Crippen molar-refractivity contribution in [1.82, 2.24) is 0 Å². The molecule has 3 rings (SSSR count). The van der Waals surface area contributed by atoms with E-state index in [9.17, 15) is 33.6 Å². The molecular formula is C76H124O12. The van der Waals surface area contributed by atoms with Gasteiger partial charge in [-0.2, -0.15) is 0 Å². The van der Waals surface area contributed by atoms with E-state index in [4.69, 9.17) is 18.9 Å². The summed E-state index contributed by atoms with van der Waals surface area (Å²) >= 11 is 0. The third-order valence-corrected chi connectivity index (χ3v) is 16.2. The number of carbonyl (C=O) groups excluding carboxylic acids is 7. The molecule has 3 fully saturated rings. The number of ketones is 1. The number of allylic oxidation sites excluding steroid dienone is 14. The summed E-state index contributed by atoms with van der Waals surface area (Å²) in [6, 6.07) is 0. The van der Waals surface area contributed by atoms with Crippen LogP contribution in [-0.4, -0.2) is 61.4 Å². The fraction of sp³-hybridized carbons (Fsp3) is 0.697. The van der Waals surface area contributed by atoms with Crippen molar-refractivity contribution in [2.45, 2.75) is 292 Å². The van der Waals surface area contributed by atoms with Crippen LogP contribution in [-0.2, 0) is 57.2 Å². The van der Waals surface area contributed by atoms with E-state index in [2.05, 4.69) is 81.2 Å². The molecule has 0 bridgehead atoms. The lowest BCUT2D eigenvalue weighted by Crippen LogP contribution is -2.18. The zero-order valence-electron chi connectivity index (χ0n) is 56.7. The highest BCUT2D eigenvalue weighted by molar-refractivity contribution is 5.96. The van der Waals surface area contributed by atoms with Crippen molar-refractivity contribution >= 4 is 41.6 Å². The number of rotatable bonds is 50. The molecule has 3 aliphatic rings. The third kappa shape index (κ3) is 44.3. The Kier molecular flexibility index (Phi) is 54.7. The van der Waals surface area contributed by atoms with E-state index < -0.39 is 11.9 Å². The molecule has 0 saturated carbocycles. The van der Waals surface area contributed by atoms with Crippen LogP contribution in [0.3, 0.4) is 0 Å². The average Bonchev–Trinajstić information content (AvgIpc) is 2.72. The van der Waals surface area contributed by atoms with E-state index in [-0.39, 0.29) is 90.5 Å². The molecule has 7 atom stereocenters. The van der Waals surface area contributed by atoms with Gasteiger partial charge >= 0.3 is 35.8 Å². The van der Waals surface area contributed by atoms with Gasteiger partial charge in [0.25, 0.3) is 0 Å². The SMILES string of the molecule is C=C(CCCCCC/C=C/C(CCCCCCCC)C1CC(=O)OC1=O)OC(CC)COC.C=CCCCCCCC/C=C\C/C=C\C=C\C(CC)C1CC(=O)OC1=O.CC.CCCCCC(/C=C/C=C\CCCCCCCC(C)=O)C1CC(=O)OC1=O. The van der Waals surface area contributed by atoms with Crippen LogP contribution in [0.15, 0.2) is 97.9 Å². The molecule has 3 heterocycles. The molecule has 0 N–H and O–H groups in total. The minimum Gasteiger partial charge on any atom is -0.493 e. The molecule has 0 aromatic heterocycles. The first-order valence-corrected chi connectivity index (χ1v) is 34.9. The zero-order valence-corrected chi connectivity index (χ0v) is 56.7. The Bertz CT molecular complexity index is 2070. The number of cyclic esters (lactones) is 6. The maximum atomic E-state index is 12.1. The van der Waals surface area contributed by atoms with E-state index in [1.165, 1.54) is 83.5 Å². The van der Waals surface area contributed by atoms with Gasteiger partial charge in [-0.3, -0.25) is 28.8 Å². The van der Waals surface area contributed by atoms with Crippen LogP contribution in [0.5, 0.6) is 0 Å². The minimum atomic E-state index is -0.399. The molecule has 0 aliphatic carbocycles. The molecular weight excluding hydrogens is 1100 g/mol. The molecule has 88 heavy (non-hydrogen) atoms. The predicted molar refractivity (Wildman–Crippen MR) is 361 cm³/mol. The number of hydrogen-bond donors (Lipinski definition) is 0. The fourth-order valence-corrected chi connectivity index (χ4v) is 10.9. The van der Waals surface area contributed by atoms with Crippen molar-refractivity contribution in [2.75, 3.05) is 13.7 Å². The largest absolute Gasteiger partial charge is 0.493 e. The Balaban J connectivity index is 0.00000128. The van der Waals surface area contributed by atoms with E-state index in [0.717, 1.165) is 134 Å². The zero-order chi connectivity index (χ0) is 65.3. The van der Waals surface area contributed by atoms with Crippen molar-refractivity contribution in [3.8, 4) is 0 Å². The first-order chi connectivity index (χ1) is 42.7. The van der Waals surface area contributed by atoms with Crippen LogP contribution in [0.25, 0.3) is 0 Å². The van der Waals surface area contributed by atoms with Crippen LogP contribution in [0.2, 0.25) is 0 Å². The van der Waals surface area contributed by atoms with E-state index >= 15 is 0 Å². The summed E-state index contributed by atoms with van der Waals surface area (Å²) in [6.45, 7) is 22.5. The van der Waals surface area contributed by atoms with Gasteiger partial charge in [0.1, 0.15) is 11.9 Å². The highest BCUT2D eigenvalue weighted by Crippen LogP contribution is 2.32. The second kappa shape index (κ2) is 58.2. The minimum absolute atomic E-state index is 0.0700. The maximum Gasteiger partial charge on any atom is 0.317 e. The lowest BCUT2D eigenvalue weighted by molar-refractivity contribution is -0.155. The Morgan fingerprint density at radius 1 is 0.489 bits per heavy atom. The molecule has 0 aromatic rings. The van der Waals surface area contributed by atoms with E-state index in [1.54, 1.807) is 14.0 Å². The van der Waals surface area contributed by atoms with Gasteiger partial charge in [0, 0.05) is 20.0 Å². The summed E-state index contributed by atoms with van der Waals surface area (Å²) in [6.07, 6.45) is 65.9. The van der Waals surface area contributed by atoms with Gasteiger partial charge in [0.05, 0.1) is 49.4 Å². The first kappa shape index (κ1) is 82.8. The fourth-order valence-electron chi connectivity index (χ4n) is 10.9. The number of hydrogen-bond acceptors (Lipinski definition) is 12. The molecule has 0 aromatic carbocycles. The molecule has 3 aliphatic heterocycles. The number of ether oxygens (including phenoxy) is 5. The topological polar surface area (TPSA) is 166 Å². The van der Waals surface area contributed by atoms with Crippen LogP contribution < -0.4 is 0 Å². The van der Waals surface area contributed by atoms with Gasteiger partial charge in [-0.05, 0) is 121 Å². The standard InChI is InChI=1S/C28H48O5.C23H36O4.C23H34O3.C2H6/c1-5-7-8-9-13-16-19-24(26-21-27(29)33-28(26)30)20-17-14-11-10-12-15-18-23(3)32-25(6-2)22-31-4;1-3-4-12-16-20(21-18-22(25)27-23(21)26)17-14-11-9-7-5-6-8-10-13-15-19(2)24;1-3-5-6-7-8-9-10-11-12-13-14-15-16-17-18-20(4-2)21-19-22(24)26-23(21)25;1-2/h17,20,24-26H,3,5-16,18-19,21-22H2,1-2,4H3;9,11,14,17,20-21H,3-8,10,12-13,15-16,18H2,1-2H3;3,12-13,15-18,20-21H,1,4-11,14,19H2,2H3;1-2H3/b20-17+;11-9-,17-14+;13-12-,16-15-,18-17+;. The first-order valence-electron chi connectivity index (χ1n) is 34.9. The summed E-state index contributed by atoms with van der Waals surface area (Å²) in [7, 11) is 1.69. The normalized spacial score (nSPS) is 18.1. The van der Waals surface area contributed by atoms with Crippen LogP contribution in [0.1, 0.15) is 286 Å². The van der Waals surface area contributed by atoms with Gasteiger partial charge in [-0.1, -0.05) is 236 Å². The highest BCUT2D eigenvalue weighted by atomic mass is 16.6. The second-order valence-electron chi connectivity index (χ2n) is 23.8. The molecule has 7 unspecified atom stereocenters. The Morgan fingerprint density at radius 2 is 0.909 bits per heavy atom. The Hall–Kier alpha value is -5.23. The highest BCUT2D eigenvalue weighted by Gasteiger charge is 2.39. The number of Topliss-reactive ketones (excluding diaryl/α,β-unsaturated/α-hetero) is 1. The molecule has 12 heteroatoms. The summed E-state index contributed by atoms with van der Waals surface area (Å²) in [5.41, 5.74) is 0. The maximum absolute atomic E-state index is 12.1. The summed E-state index contributed by atoms with van der Waals surface area (Å²) in [5.74, 6) is -1.73. The van der Waals surface area contributed by atoms with Crippen molar-refractivity contribution < 1.29 is 57.2 Å². The van der Waals surface area contributed by atoms with Crippen LogP contribution in [0.4, 0.5) is 0 Å². The third-order valence-electron chi connectivity index (χ3n) is 16.2. The lowest BCUT2D eigenvalue weighted by atomic mass is 9.86. The summed E-state index contributed by atoms with van der Waals surface area (Å²) in [5, 5.41) is 0. The monoisotopic (exact) mass is 1230 g/mol. The number of esters is 6. The van der Waals surface area contributed by atoms with Crippen molar-refractivity contribution in [3.63, 3.8) is 0 Å². The number of unbranched alkanes of at least 4 members (excludes halogenated alkanes) is 22.